The monoisotopic (exact) mass is 484 g/mol. The first-order valence-electron chi connectivity index (χ1n) is 12.2. The van der Waals surface area contributed by atoms with E-state index in [1.54, 1.807) is 19.1 Å². The molecule has 7 atom stereocenters. The molecule has 2 saturated carbocycles. The van der Waals surface area contributed by atoms with Crippen molar-refractivity contribution in [3.63, 3.8) is 0 Å². The number of phenols is 1. The zero-order chi connectivity index (χ0) is 26.0. The number of Topliss-reactive ketones (excluding diaryl/α,β-unsaturated/α-hetero) is 5. The molecule has 2 fully saturated rings. The average Bonchev–Trinajstić information content (AvgIpc) is 2.76. The Morgan fingerprint density at radius 1 is 1.14 bits per heavy atom. The van der Waals surface area contributed by atoms with E-state index in [2.05, 4.69) is 0 Å². The SMILES string of the molecule is CCCC(C)(C)CC(=O)C1C(=O)C[C@@H]2[C@@H](O)[C@H]3C(C(=O)c4c(O)cccc4[C@@H]3C)C(=O)[C@]2(O)C1=O. The highest BCUT2D eigenvalue weighted by Gasteiger charge is 2.69. The van der Waals surface area contributed by atoms with Gasteiger partial charge in [-0.1, -0.05) is 46.2 Å². The van der Waals surface area contributed by atoms with Crippen molar-refractivity contribution in [2.24, 2.45) is 29.1 Å². The number of aliphatic hydroxyl groups is 2. The fourth-order valence-corrected chi connectivity index (χ4v) is 6.69. The van der Waals surface area contributed by atoms with Gasteiger partial charge >= 0.3 is 0 Å². The van der Waals surface area contributed by atoms with Crippen LogP contribution in [0.3, 0.4) is 0 Å². The van der Waals surface area contributed by atoms with Crippen LogP contribution in [-0.2, 0) is 19.2 Å². The number of benzene rings is 1. The Morgan fingerprint density at radius 2 is 1.80 bits per heavy atom. The molecule has 0 aliphatic heterocycles. The molecular weight excluding hydrogens is 452 g/mol. The molecule has 3 N–H and O–H groups in total. The van der Waals surface area contributed by atoms with E-state index in [-0.39, 0.29) is 17.7 Å². The van der Waals surface area contributed by atoms with Crippen LogP contribution in [0.5, 0.6) is 5.75 Å². The maximum absolute atomic E-state index is 13.7. The van der Waals surface area contributed by atoms with Crippen molar-refractivity contribution in [1.82, 2.24) is 0 Å². The fraction of sp³-hybridized carbons (Fsp3) is 0.593. The zero-order valence-corrected chi connectivity index (χ0v) is 20.4. The lowest BCUT2D eigenvalue weighted by molar-refractivity contribution is -0.189. The van der Waals surface area contributed by atoms with Crippen molar-refractivity contribution in [2.45, 2.75) is 71.0 Å². The van der Waals surface area contributed by atoms with Gasteiger partial charge in [-0.05, 0) is 29.4 Å². The summed E-state index contributed by atoms with van der Waals surface area (Å²) in [6, 6.07) is 4.48. The quantitative estimate of drug-likeness (QED) is 0.539. The highest BCUT2D eigenvalue weighted by Crippen LogP contribution is 2.54. The molecule has 0 saturated heterocycles. The van der Waals surface area contributed by atoms with Crippen molar-refractivity contribution < 1.29 is 39.3 Å². The van der Waals surface area contributed by atoms with Crippen LogP contribution in [-0.4, -0.2) is 55.9 Å². The van der Waals surface area contributed by atoms with Crippen molar-refractivity contribution in [3.8, 4) is 5.75 Å². The second-order valence-electron chi connectivity index (χ2n) is 11.2. The number of aromatic hydroxyl groups is 1. The molecule has 2 unspecified atom stereocenters. The molecule has 0 bridgehead atoms. The second-order valence-corrected chi connectivity index (χ2v) is 11.2. The van der Waals surface area contributed by atoms with Crippen LogP contribution in [0.25, 0.3) is 0 Å². The third-order valence-electron chi connectivity index (χ3n) is 8.34. The Bertz CT molecular complexity index is 1130. The summed E-state index contributed by atoms with van der Waals surface area (Å²) in [5.41, 5.74) is -2.94. The van der Waals surface area contributed by atoms with E-state index >= 15 is 0 Å². The predicted octanol–water partition coefficient (Wildman–Crippen LogP) is 2.16. The Morgan fingerprint density at radius 3 is 2.43 bits per heavy atom. The van der Waals surface area contributed by atoms with Gasteiger partial charge in [0, 0.05) is 24.7 Å². The number of hydrogen-bond donors (Lipinski definition) is 3. The van der Waals surface area contributed by atoms with Crippen LogP contribution in [0.1, 0.15) is 75.2 Å². The summed E-state index contributed by atoms with van der Waals surface area (Å²) in [6.45, 7) is 7.33. The van der Waals surface area contributed by atoms with E-state index < -0.39 is 82.0 Å². The van der Waals surface area contributed by atoms with Crippen LogP contribution < -0.4 is 0 Å². The zero-order valence-electron chi connectivity index (χ0n) is 20.4. The van der Waals surface area contributed by atoms with Crippen LogP contribution >= 0.6 is 0 Å². The van der Waals surface area contributed by atoms with E-state index in [9.17, 15) is 39.3 Å². The molecule has 3 aliphatic carbocycles. The molecule has 4 rings (SSSR count). The smallest absolute Gasteiger partial charge is 0.190 e. The lowest BCUT2D eigenvalue weighted by Gasteiger charge is -2.53. The van der Waals surface area contributed by atoms with Gasteiger partial charge in [0.25, 0.3) is 0 Å². The second kappa shape index (κ2) is 8.45. The molecule has 0 heterocycles. The van der Waals surface area contributed by atoms with Gasteiger partial charge in [0.05, 0.1) is 17.6 Å². The van der Waals surface area contributed by atoms with E-state index in [1.807, 2.05) is 20.8 Å². The van der Waals surface area contributed by atoms with Gasteiger partial charge < -0.3 is 15.3 Å². The van der Waals surface area contributed by atoms with Crippen LogP contribution in [0.2, 0.25) is 0 Å². The van der Waals surface area contributed by atoms with Gasteiger partial charge in [0.1, 0.15) is 11.7 Å². The summed E-state index contributed by atoms with van der Waals surface area (Å²) in [5.74, 6) is -11.2. The van der Waals surface area contributed by atoms with Crippen molar-refractivity contribution in [3.05, 3.63) is 29.3 Å². The molecule has 1 aromatic carbocycles. The van der Waals surface area contributed by atoms with Crippen LogP contribution in [0.15, 0.2) is 18.2 Å². The van der Waals surface area contributed by atoms with E-state index in [1.165, 1.54) is 6.07 Å². The number of aliphatic hydroxyl groups excluding tert-OH is 1. The predicted molar refractivity (Wildman–Crippen MR) is 124 cm³/mol. The number of ketones is 5. The van der Waals surface area contributed by atoms with Crippen LogP contribution in [0.4, 0.5) is 0 Å². The number of hydrogen-bond acceptors (Lipinski definition) is 8. The molecule has 1 aromatic rings. The third kappa shape index (κ3) is 3.61. The van der Waals surface area contributed by atoms with E-state index in [0.717, 1.165) is 6.42 Å². The molecule has 0 amide bonds. The number of carbonyl (C=O) groups excluding carboxylic acids is 5. The molecule has 8 heteroatoms. The summed E-state index contributed by atoms with van der Waals surface area (Å²) in [5, 5.41) is 33.1. The molecule has 0 aromatic heterocycles. The maximum Gasteiger partial charge on any atom is 0.190 e. The third-order valence-corrected chi connectivity index (χ3v) is 8.34. The fourth-order valence-electron chi connectivity index (χ4n) is 6.69. The van der Waals surface area contributed by atoms with Crippen molar-refractivity contribution in [2.75, 3.05) is 0 Å². The summed E-state index contributed by atoms with van der Waals surface area (Å²) in [7, 11) is 0. The number of rotatable bonds is 5. The highest BCUT2D eigenvalue weighted by atomic mass is 16.3. The maximum atomic E-state index is 13.7. The van der Waals surface area contributed by atoms with Gasteiger partial charge in [-0.15, -0.1) is 0 Å². The molecule has 188 valence electrons. The first kappa shape index (κ1) is 25.4. The van der Waals surface area contributed by atoms with Gasteiger partial charge in [0.15, 0.2) is 34.5 Å². The van der Waals surface area contributed by atoms with Gasteiger partial charge in [-0.25, -0.2) is 0 Å². The molecule has 0 spiro atoms. The normalized spacial score (nSPS) is 34.8. The lowest BCUT2D eigenvalue weighted by Crippen LogP contribution is -2.72. The summed E-state index contributed by atoms with van der Waals surface area (Å²) in [4.78, 5) is 66.7. The van der Waals surface area contributed by atoms with Crippen LogP contribution in [0, 0.1) is 29.1 Å². The lowest BCUT2D eigenvalue weighted by atomic mass is 9.50. The Hall–Kier alpha value is -2.71. The van der Waals surface area contributed by atoms with E-state index in [4.69, 9.17) is 0 Å². The standard InChI is InChI=1S/C27H32O8/c1-5-9-26(3,4)11-17(30)20-16(29)10-14-22(31)18-12(2)13-7-6-8-15(28)19(13)23(32)21(18)25(34)27(14,35)24(20)33/h6-8,12,14,18,20-22,28,31,35H,5,9-11H2,1-4H3/t12-,14+,18+,20?,21?,22+,27+/m0/s1. The molecule has 8 nitrogen and oxygen atoms in total. The first-order valence-corrected chi connectivity index (χ1v) is 12.2. The largest absolute Gasteiger partial charge is 0.507 e. The highest BCUT2D eigenvalue weighted by molar-refractivity contribution is 6.32. The van der Waals surface area contributed by atoms with Gasteiger partial charge in [-0.3, -0.25) is 24.0 Å². The first-order chi connectivity index (χ1) is 16.3. The Balaban J connectivity index is 1.76. The number of fused-ring (bicyclic) bond motifs is 3. The molecule has 35 heavy (non-hydrogen) atoms. The number of carbonyl (C=O) groups is 5. The minimum atomic E-state index is -2.83. The molecular formula is C27H32O8. The summed E-state index contributed by atoms with van der Waals surface area (Å²) in [6.07, 6.45) is -0.642. The Labute approximate surface area is 203 Å². The van der Waals surface area contributed by atoms with Crippen molar-refractivity contribution >= 4 is 28.9 Å². The minimum Gasteiger partial charge on any atom is -0.507 e. The van der Waals surface area contributed by atoms with E-state index in [0.29, 0.717) is 12.0 Å². The minimum absolute atomic E-state index is 0.0721. The Kier molecular flexibility index (Phi) is 6.13. The topological polar surface area (TPSA) is 146 Å². The summed E-state index contributed by atoms with van der Waals surface area (Å²) >= 11 is 0. The summed E-state index contributed by atoms with van der Waals surface area (Å²) < 4.78 is 0. The average molecular weight is 485 g/mol. The van der Waals surface area contributed by atoms with Crippen molar-refractivity contribution in [1.29, 1.82) is 0 Å². The molecule has 3 aliphatic rings. The number of phenolic OH excluding ortho intramolecular Hbond substituents is 1. The molecule has 0 radical (unpaired) electrons. The van der Waals surface area contributed by atoms with Gasteiger partial charge in [-0.2, -0.15) is 0 Å². The van der Waals surface area contributed by atoms with Gasteiger partial charge in [0.2, 0.25) is 0 Å².